The fourth-order valence-electron chi connectivity index (χ4n) is 1.88. The highest BCUT2D eigenvalue weighted by molar-refractivity contribution is 7.87. The van der Waals surface area contributed by atoms with Crippen LogP contribution in [0.15, 0.2) is 0 Å². The number of carbonyl (C=O) groups excluding carboxylic acids is 1. The van der Waals surface area contributed by atoms with Crippen LogP contribution in [0.25, 0.3) is 0 Å². The molecule has 6 nitrogen and oxygen atoms in total. The Hall–Kier alpha value is -0.370. The van der Waals surface area contributed by atoms with Gasteiger partial charge in [-0.3, -0.25) is 4.79 Å². The Balaban J connectivity index is 2.76. The molecule has 1 N–H and O–H groups in total. The molecule has 1 rings (SSSR count). The van der Waals surface area contributed by atoms with Crippen molar-refractivity contribution in [1.29, 1.82) is 0 Å². The smallest absolute Gasteiger partial charge is 0.325 e. The van der Waals surface area contributed by atoms with Gasteiger partial charge < -0.3 is 4.74 Å². The Bertz CT molecular complexity index is 419. The summed E-state index contributed by atoms with van der Waals surface area (Å²) >= 11 is 5.46. The second-order valence-electron chi connectivity index (χ2n) is 5.39. The fourth-order valence-corrected chi connectivity index (χ4v) is 3.51. The fraction of sp³-hybridized carbons (Fsp3) is 0.909. The maximum atomic E-state index is 12.0. The summed E-state index contributed by atoms with van der Waals surface area (Å²) in [6.45, 7) is 5.72. The second-order valence-corrected chi connectivity index (χ2v) is 7.48. The van der Waals surface area contributed by atoms with E-state index in [1.54, 1.807) is 20.8 Å². The summed E-state index contributed by atoms with van der Waals surface area (Å²) in [6, 6.07) is -0.743. The molecule has 0 radical (unpaired) electrons. The third-order valence-electron chi connectivity index (χ3n) is 2.57. The van der Waals surface area contributed by atoms with Crippen molar-refractivity contribution >= 4 is 27.8 Å². The lowest BCUT2D eigenvalue weighted by Crippen LogP contribution is -2.48. The van der Waals surface area contributed by atoms with Crippen molar-refractivity contribution in [3.05, 3.63) is 0 Å². The van der Waals surface area contributed by atoms with Gasteiger partial charge in [0.1, 0.15) is 11.6 Å². The molecule has 112 valence electrons. The molecular weight excluding hydrogens is 292 g/mol. The molecule has 0 unspecified atom stereocenters. The summed E-state index contributed by atoms with van der Waals surface area (Å²) < 4.78 is 32.8. The molecule has 0 bridgehead atoms. The molecule has 1 fully saturated rings. The average Bonchev–Trinajstić information content (AvgIpc) is 2.73. The predicted octanol–water partition coefficient (Wildman–Crippen LogP) is 0.866. The van der Waals surface area contributed by atoms with E-state index < -0.39 is 27.8 Å². The molecule has 0 spiro atoms. The first kappa shape index (κ1) is 16.7. The van der Waals surface area contributed by atoms with E-state index in [4.69, 9.17) is 16.3 Å². The van der Waals surface area contributed by atoms with E-state index >= 15 is 0 Å². The van der Waals surface area contributed by atoms with Crippen LogP contribution in [0.5, 0.6) is 0 Å². The molecule has 0 amide bonds. The topological polar surface area (TPSA) is 75.7 Å². The van der Waals surface area contributed by atoms with Crippen LogP contribution < -0.4 is 4.72 Å². The van der Waals surface area contributed by atoms with Crippen LogP contribution in [0.4, 0.5) is 0 Å². The third kappa shape index (κ3) is 4.91. The highest BCUT2D eigenvalue weighted by Gasteiger charge is 2.40. The minimum absolute atomic E-state index is 0.140. The predicted molar refractivity (Wildman–Crippen MR) is 73.2 cm³/mol. The number of ether oxygens (including phenoxy) is 1. The lowest BCUT2D eigenvalue weighted by atomic mass is 10.2. The maximum Gasteiger partial charge on any atom is 0.325 e. The van der Waals surface area contributed by atoms with Crippen LogP contribution in [-0.4, -0.2) is 49.3 Å². The molecule has 1 aliphatic heterocycles. The van der Waals surface area contributed by atoms with Crippen molar-refractivity contribution in [1.82, 2.24) is 9.03 Å². The zero-order chi connectivity index (χ0) is 14.7. The molecule has 1 saturated heterocycles. The third-order valence-corrected chi connectivity index (χ3v) is 4.38. The summed E-state index contributed by atoms with van der Waals surface area (Å²) in [5.74, 6) is -0.314. The van der Waals surface area contributed by atoms with Gasteiger partial charge in [-0.15, -0.1) is 11.6 Å². The molecule has 1 aliphatic rings. The van der Waals surface area contributed by atoms with E-state index in [2.05, 4.69) is 4.72 Å². The molecule has 0 aromatic rings. The number of rotatable bonds is 5. The second kappa shape index (κ2) is 6.39. The first-order valence-electron chi connectivity index (χ1n) is 6.22. The van der Waals surface area contributed by atoms with Gasteiger partial charge in [0.15, 0.2) is 0 Å². The van der Waals surface area contributed by atoms with E-state index in [0.29, 0.717) is 19.4 Å². The number of hydrogen-bond donors (Lipinski definition) is 1. The summed E-state index contributed by atoms with van der Waals surface area (Å²) in [6.07, 6.45) is 1.13. The van der Waals surface area contributed by atoms with Gasteiger partial charge >= 0.3 is 5.97 Å². The average molecular weight is 313 g/mol. The minimum atomic E-state index is -3.67. The number of halogens is 1. The summed E-state index contributed by atoms with van der Waals surface area (Å²) in [5.41, 5.74) is -0.626. The van der Waals surface area contributed by atoms with Crippen molar-refractivity contribution in [2.45, 2.75) is 45.3 Å². The SMILES string of the molecule is CC(C)(C)OC(=O)[C@@H]1CCCN1S(=O)(=O)NCCCl. The zero-order valence-electron chi connectivity index (χ0n) is 11.5. The van der Waals surface area contributed by atoms with Crippen molar-refractivity contribution in [3.63, 3.8) is 0 Å². The monoisotopic (exact) mass is 312 g/mol. The molecule has 19 heavy (non-hydrogen) atoms. The van der Waals surface area contributed by atoms with Gasteiger partial charge in [0, 0.05) is 19.0 Å². The Morgan fingerprint density at radius 1 is 1.47 bits per heavy atom. The van der Waals surface area contributed by atoms with Gasteiger partial charge in [0.2, 0.25) is 0 Å². The van der Waals surface area contributed by atoms with Crippen molar-refractivity contribution in [3.8, 4) is 0 Å². The Morgan fingerprint density at radius 3 is 2.63 bits per heavy atom. The standard InChI is InChI=1S/C11H21ClN2O4S/c1-11(2,3)18-10(15)9-5-4-8-14(9)19(16,17)13-7-6-12/h9,13H,4-8H2,1-3H3/t9-/m0/s1. The molecule has 1 heterocycles. The number of nitrogens with one attached hydrogen (secondary N) is 1. The van der Waals surface area contributed by atoms with Gasteiger partial charge in [-0.1, -0.05) is 0 Å². The van der Waals surface area contributed by atoms with Gasteiger partial charge in [0.05, 0.1) is 0 Å². The Kier molecular flexibility index (Phi) is 5.61. The first-order chi connectivity index (χ1) is 8.67. The highest BCUT2D eigenvalue weighted by Crippen LogP contribution is 2.23. The van der Waals surface area contributed by atoms with Crippen molar-refractivity contribution in [2.75, 3.05) is 19.0 Å². The molecule has 0 saturated carbocycles. The van der Waals surface area contributed by atoms with Gasteiger partial charge in [0.25, 0.3) is 10.2 Å². The molecule has 0 aromatic carbocycles. The largest absolute Gasteiger partial charge is 0.459 e. The normalized spacial score (nSPS) is 21.6. The highest BCUT2D eigenvalue weighted by atomic mass is 35.5. The number of hydrogen-bond acceptors (Lipinski definition) is 4. The number of carbonyl (C=O) groups is 1. The zero-order valence-corrected chi connectivity index (χ0v) is 13.1. The van der Waals surface area contributed by atoms with E-state index in [1.165, 1.54) is 0 Å². The molecular formula is C11H21ClN2O4S. The lowest BCUT2D eigenvalue weighted by Gasteiger charge is -2.26. The van der Waals surface area contributed by atoms with E-state index in [-0.39, 0.29) is 12.4 Å². The van der Waals surface area contributed by atoms with E-state index in [1.807, 2.05) is 0 Å². The Morgan fingerprint density at radius 2 is 2.11 bits per heavy atom. The van der Waals surface area contributed by atoms with Gasteiger partial charge in [-0.2, -0.15) is 12.7 Å². The quantitative estimate of drug-likeness (QED) is 0.603. The number of alkyl halides is 1. The number of esters is 1. The molecule has 0 aromatic heterocycles. The lowest BCUT2D eigenvalue weighted by molar-refractivity contribution is -0.158. The maximum absolute atomic E-state index is 12.0. The molecule has 0 aliphatic carbocycles. The Labute approximate surface area is 119 Å². The van der Waals surface area contributed by atoms with Crippen molar-refractivity contribution in [2.24, 2.45) is 0 Å². The number of nitrogens with zero attached hydrogens (tertiary/aromatic N) is 1. The van der Waals surface area contributed by atoms with Crippen LogP contribution in [0.2, 0.25) is 0 Å². The van der Waals surface area contributed by atoms with Gasteiger partial charge in [-0.25, -0.2) is 4.72 Å². The van der Waals surface area contributed by atoms with E-state index in [0.717, 1.165) is 4.31 Å². The van der Waals surface area contributed by atoms with Crippen LogP contribution in [0.1, 0.15) is 33.6 Å². The summed E-state index contributed by atoms with van der Waals surface area (Å²) in [7, 11) is -3.67. The molecule has 1 atom stereocenters. The summed E-state index contributed by atoms with van der Waals surface area (Å²) in [4.78, 5) is 12.0. The van der Waals surface area contributed by atoms with Gasteiger partial charge in [-0.05, 0) is 33.6 Å². The van der Waals surface area contributed by atoms with Crippen LogP contribution in [-0.2, 0) is 19.7 Å². The summed E-state index contributed by atoms with van der Waals surface area (Å²) in [5, 5.41) is 0. The van der Waals surface area contributed by atoms with Crippen LogP contribution in [0.3, 0.4) is 0 Å². The van der Waals surface area contributed by atoms with E-state index in [9.17, 15) is 13.2 Å². The minimum Gasteiger partial charge on any atom is -0.459 e. The van der Waals surface area contributed by atoms with Crippen LogP contribution >= 0.6 is 11.6 Å². The molecule has 8 heteroatoms. The first-order valence-corrected chi connectivity index (χ1v) is 8.20. The van der Waals surface area contributed by atoms with Crippen molar-refractivity contribution < 1.29 is 17.9 Å². The van der Waals surface area contributed by atoms with Crippen LogP contribution in [0, 0.1) is 0 Å².